The lowest BCUT2D eigenvalue weighted by Gasteiger charge is -2.36. The van der Waals surface area contributed by atoms with Gasteiger partial charge in [-0.3, -0.25) is 4.79 Å². The molecule has 2 unspecified atom stereocenters. The summed E-state index contributed by atoms with van der Waals surface area (Å²) in [7, 11) is 0. The fraction of sp³-hybridized carbons (Fsp3) is 0.600. The molecule has 0 bridgehead atoms. The summed E-state index contributed by atoms with van der Waals surface area (Å²) in [5, 5.41) is 9.13. The van der Waals surface area contributed by atoms with Crippen molar-refractivity contribution in [3.63, 3.8) is 0 Å². The molecule has 142 valence electrons. The summed E-state index contributed by atoms with van der Waals surface area (Å²) in [6.07, 6.45) is 4.13. The zero-order chi connectivity index (χ0) is 18.4. The highest BCUT2D eigenvalue weighted by molar-refractivity contribution is 5.89. The van der Waals surface area contributed by atoms with Crippen molar-refractivity contribution in [1.82, 2.24) is 15.5 Å². The molecule has 0 aliphatic carbocycles. The average Bonchev–Trinajstić information content (AvgIpc) is 2.68. The first kappa shape index (κ1) is 18.7. The molecule has 2 fully saturated rings. The Balaban J connectivity index is 1.43. The van der Waals surface area contributed by atoms with Gasteiger partial charge in [-0.25, -0.2) is 4.79 Å². The predicted molar refractivity (Wildman–Crippen MR) is 103 cm³/mol. The van der Waals surface area contributed by atoms with Gasteiger partial charge in [-0.05, 0) is 57.2 Å². The number of carbonyl (C=O) groups is 2. The number of hydrogen-bond acceptors (Lipinski definition) is 3. The van der Waals surface area contributed by atoms with Crippen LogP contribution in [0.15, 0.2) is 24.3 Å². The third-order valence-electron chi connectivity index (χ3n) is 5.34. The van der Waals surface area contributed by atoms with E-state index in [0.717, 1.165) is 63.1 Å². The number of carbonyl (C=O) groups excluding carboxylic acids is 2. The number of anilines is 1. The topological polar surface area (TPSA) is 73.5 Å². The largest absolute Gasteiger partial charge is 0.342 e. The van der Waals surface area contributed by atoms with Crippen molar-refractivity contribution in [1.29, 1.82) is 0 Å². The molecule has 0 saturated carbocycles. The standard InChI is InChI=1S/C20H30N4O2/c1-15-6-8-18(9-7-15)23-20(26)22-12-16-4-3-11-24(14-16)19(25)17-5-2-10-21-13-17/h6-9,16-17,21H,2-5,10-14H2,1H3,(H2,22,23,26). The number of likely N-dealkylation sites (tertiary alicyclic amines) is 1. The van der Waals surface area contributed by atoms with Gasteiger partial charge in [0, 0.05) is 31.9 Å². The van der Waals surface area contributed by atoms with Crippen molar-refractivity contribution in [3.8, 4) is 0 Å². The van der Waals surface area contributed by atoms with Crippen LogP contribution in [0.5, 0.6) is 0 Å². The molecule has 6 nitrogen and oxygen atoms in total. The van der Waals surface area contributed by atoms with Crippen LogP contribution in [0.2, 0.25) is 0 Å². The molecule has 2 atom stereocenters. The van der Waals surface area contributed by atoms with Gasteiger partial charge in [-0.1, -0.05) is 17.7 Å². The van der Waals surface area contributed by atoms with E-state index in [1.165, 1.54) is 0 Å². The van der Waals surface area contributed by atoms with Gasteiger partial charge in [-0.15, -0.1) is 0 Å². The van der Waals surface area contributed by atoms with Crippen LogP contribution in [0.4, 0.5) is 10.5 Å². The molecule has 2 aliphatic heterocycles. The van der Waals surface area contributed by atoms with Crippen molar-refractivity contribution >= 4 is 17.6 Å². The molecule has 3 amide bonds. The minimum absolute atomic E-state index is 0.125. The number of piperidine rings is 2. The van der Waals surface area contributed by atoms with E-state index in [1.807, 2.05) is 36.1 Å². The summed E-state index contributed by atoms with van der Waals surface area (Å²) in [6, 6.07) is 7.55. The van der Waals surface area contributed by atoms with Crippen LogP contribution in [0.3, 0.4) is 0 Å². The fourth-order valence-electron chi connectivity index (χ4n) is 3.80. The summed E-state index contributed by atoms with van der Waals surface area (Å²) >= 11 is 0. The molecule has 6 heteroatoms. The molecule has 3 rings (SSSR count). The van der Waals surface area contributed by atoms with E-state index in [4.69, 9.17) is 0 Å². The summed E-state index contributed by atoms with van der Waals surface area (Å²) in [5.74, 6) is 0.735. The van der Waals surface area contributed by atoms with Gasteiger partial charge in [0.05, 0.1) is 5.92 Å². The van der Waals surface area contributed by atoms with Crippen LogP contribution in [0.25, 0.3) is 0 Å². The number of hydrogen-bond donors (Lipinski definition) is 3. The third-order valence-corrected chi connectivity index (χ3v) is 5.34. The van der Waals surface area contributed by atoms with Gasteiger partial charge < -0.3 is 20.9 Å². The summed E-state index contributed by atoms with van der Waals surface area (Å²) in [5.41, 5.74) is 1.95. The number of nitrogens with one attached hydrogen (secondary N) is 3. The van der Waals surface area contributed by atoms with E-state index in [-0.39, 0.29) is 17.9 Å². The Kier molecular flexibility index (Phi) is 6.50. The molecule has 2 aliphatic rings. The molecule has 2 heterocycles. The van der Waals surface area contributed by atoms with Crippen molar-refractivity contribution in [2.45, 2.75) is 32.6 Å². The van der Waals surface area contributed by atoms with E-state index in [1.54, 1.807) is 0 Å². The molecule has 0 aromatic heterocycles. The number of urea groups is 1. The van der Waals surface area contributed by atoms with Crippen LogP contribution < -0.4 is 16.0 Å². The van der Waals surface area contributed by atoms with Crippen molar-refractivity contribution in [2.24, 2.45) is 11.8 Å². The van der Waals surface area contributed by atoms with E-state index < -0.39 is 0 Å². The van der Waals surface area contributed by atoms with E-state index >= 15 is 0 Å². The lowest BCUT2D eigenvalue weighted by atomic mass is 9.93. The average molecular weight is 358 g/mol. The molecule has 0 radical (unpaired) electrons. The number of amides is 3. The lowest BCUT2D eigenvalue weighted by Crippen LogP contribution is -2.48. The Morgan fingerprint density at radius 1 is 1.19 bits per heavy atom. The normalized spacial score (nSPS) is 23.3. The minimum Gasteiger partial charge on any atom is -0.342 e. The molecular weight excluding hydrogens is 328 g/mol. The van der Waals surface area contributed by atoms with E-state index in [0.29, 0.717) is 12.5 Å². The second-order valence-electron chi connectivity index (χ2n) is 7.54. The smallest absolute Gasteiger partial charge is 0.319 e. The van der Waals surface area contributed by atoms with Gasteiger partial charge in [0.25, 0.3) is 0 Å². The quantitative estimate of drug-likeness (QED) is 0.774. The van der Waals surface area contributed by atoms with Gasteiger partial charge >= 0.3 is 6.03 Å². The summed E-state index contributed by atoms with van der Waals surface area (Å²) in [4.78, 5) is 26.8. The second kappa shape index (κ2) is 9.03. The number of rotatable bonds is 4. The summed E-state index contributed by atoms with van der Waals surface area (Å²) in [6.45, 7) is 6.04. The first-order valence-corrected chi connectivity index (χ1v) is 9.73. The van der Waals surface area contributed by atoms with Gasteiger partial charge in [0.2, 0.25) is 5.91 Å². The highest BCUT2D eigenvalue weighted by Crippen LogP contribution is 2.20. The first-order chi connectivity index (χ1) is 12.6. The number of aryl methyl sites for hydroxylation is 1. The third kappa shape index (κ3) is 5.21. The Morgan fingerprint density at radius 3 is 2.73 bits per heavy atom. The SMILES string of the molecule is Cc1ccc(NC(=O)NCC2CCCN(C(=O)C3CCCNC3)C2)cc1. The summed E-state index contributed by atoms with van der Waals surface area (Å²) < 4.78 is 0. The van der Waals surface area contributed by atoms with Crippen molar-refractivity contribution < 1.29 is 9.59 Å². The number of benzene rings is 1. The fourth-order valence-corrected chi connectivity index (χ4v) is 3.80. The van der Waals surface area contributed by atoms with Crippen LogP contribution in [-0.2, 0) is 4.79 Å². The van der Waals surface area contributed by atoms with Crippen LogP contribution in [0, 0.1) is 18.8 Å². The van der Waals surface area contributed by atoms with Crippen molar-refractivity contribution in [2.75, 3.05) is 38.0 Å². The minimum atomic E-state index is -0.186. The van der Waals surface area contributed by atoms with Crippen LogP contribution in [-0.4, -0.2) is 49.6 Å². The van der Waals surface area contributed by atoms with Gasteiger partial charge in [-0.2, -0.15) is 0 Å². The first-order valence-electron chi connectivity index (χ1n) is 9.73. The maximum absolute atomic E-state index is 12.7. The second-order valence-corrected chi connectivity index (χ2v) is 7.54. The maximum atomic E-state index is 12.7. The van der Waals surface area contributed by atoms with Crippen LogP contribution in [0.1, 0.15) is 31.2 Å². The number of nitrogens with zero attached hydrogens (tertiary/aromatic N) is 1. The highest BCUT2D eigenvalue weighted by Gasteiger charge is 2.29. The molecule has 1 aromatic rings. The molecule has 26 heavy (non-hydrogen) atoms. The Bertz CT molecular complexity index is 611. The maximum Gasteiger partial charge on any atom is 0.319 e. The van der Waals surface area contributed by atoms with Crippen molar-refractivity contribution in [3.05, 3.63) is 29.8 Å². The Labute approximate surface area is 155 Å². The Hall–Kier alpha value is -2.08. The predicted octanol–water partition coefficient (Wildman–Crippen LogP) is 2.35. The molecule has 2 saturated heterocycles. The monoisotopic (exact) mass is 358 g/mol. The molecular formula is C20H30N4O2. The van der Waals surface area contributed by atoms with Gasteiger partial charge in [0.15, 0.2) is 0 Å². The molecule has 3 N–H and O–H groups in total. The zero-order valence-corrected chi connectivity index (χ0v) is 15.6. The lowest BCUT2D eigenvalue weighted by molar-refractivity contribution is -0.137. The van der Waals surface area contributed by atoms with E-state index in [9.17, 15) is 9.59 Å². The van der Waals surface area contributed by atoms with Crippen LogP contribution >= 0.6 is 0 Å². The molecule has 0 spiro atoms. The van der Waals surface area contributed by atoms with Gasteiger partial charge in [0.1, 0.15) is 0 Å². The Morgan fingerprint density at radius 2 is 2.00 bits per heavy atom. The van der Waals surface area contributed by atoms with E-state index in [2.05, 4.69) is 16.0 Å². The molecule has 1 aromatic carbocycles. The zero-order valence-electron chi connectivity index (χ0n) is 15.6. The highest BCUT2D eigenvalue weighted by atomic mass is 16.2.